The van der Waals surface area contributed by atoms with E-state index in [9.17, 15) is 0 Å². The van der Waals surface area contributed by atoms with Crippen LogP contribution >= 0.6 is 0 Å². The standard InChI is InChI=1S/C67H72BN2O/c1-40-33-48-52(66(10,11)31-27-62(48,2)3)38-56(40)70-57-39-53-50(64(6,7)29-32-67(53,12)13)36-54(57)68-59-46(34-47-44-21-17-18-22-58(44)71-61(47)60(59)70)45-35-49-51(65(8,9)30-28-63(49,4)5)37-55(45)69-43-25-23-42(24-26-43)41-19-15-14-16-20-41/h14-26,33-39,69H,27-32H2,1-13H3. The third-order valence-electron chi connectivity index (χ3n) is 18.4. The van der Waals surface area contributed by atoms with Crippen molar-refractivity contribution >= 4 is 68.6 Å². The molecule has 0 fully saturated rings. The minimum Gasteiger partial charge on any atom is -0.454 e. The van der Waals surface area contributed by atoms with E-state index in [4.69, 9.17) is 4.42 Å². The van der Waals surface area contributed by atoms with Gasteiger partial charge in [-0.2, -0.15) is 0 Å². The van der Waals surface area contributed by atoms with Gasteiger partial charge in [0.05, 0.1) is 5.69 Å². The molecule has 359 valence electrons. The van der Waals surface area contributed by atoms with Crippen LogP contribution in [0.15, 0.2) is 126 Å². The van der Waals surface area contributed by atoms with E-state index in [0.29, 0.717) is 0 Å². The molecular weight excluding hydrogens is 860 g/mol. The number of anilines is 5. The lowest BCUT2D eigenvalue weighted by Crippen LogP contribution is -2.44. The molecule has 7 aromatic carbocycles. The maximum atomic E-state index is 7.27. The molecule has 1 aliphatic heterocycles. The lowest BCUT2D eigenvalue weighted by molar-refractivity contribution is 0.331. The van der Waals surface area contributed by atoms with Gasteiger partial charge in [-0.25, -0.2) is 0 Å². The number of furan rings is 1. The SMILES string of the molecule is Cc1cc2c(cc1N1c3cc4c(cc3[B]c3c(-c5cc6c(cc5Nc5ccc(-c7ccccc7)cc5)C(C)(C)CCC6(C)C)cc5c(oc6ccccc65)c31)C(C)(C)CCC4(C)C)C(C)(C)CCC2(C)C. The molecule has 0 amide bonds. The summed E-state index contributed by atoms with van der Waals surface area (Å²) in [4.78, 5) is 2.66. The van der Waals surface area contributed by atoms with E-state index >= 15 is 0 Å². The van der Waals surface area contributed by atoms with Crippen LogP contribution < -0.4 is 21.1 Å². The first-order valence-corrected chi connectivity index (χ1v) is 26.6. The molecule has 0 unspecified atom stereocenters. The summed E-state index contributed by atoms with van der Waals surface area (Å²) in [6.07, 6.45) is 6.93. The third kappa shape index (κ3) is 7.27. The molecule has 0 saturated carbocycles. The molecule has 3 nitrogen and oxygen atoms in total. The van der Waals surface area contributed by atoms with Crippen LogP contribution in [0.4, 0.5) is 28.4 Å². The quantitative estimate of drug-likeness (QED) is 0.174. The van der Waals surface area contributed by atoms with E-state index in [1.165, 1.54) is 89.9 Å². The minimum absolute atomic E-state index is 0.00257. The second-order valence-electron chi connectivity index (χ2n) is 26.1. The number of hydrogen-bond acceptors (Lipinski definition) is 3. The molecule has 4 heteroatoms. The summed E-state index contributed by atoms with van der Waals surface area (Å²) >= 11 is 0. The maximum Gasteiger partial charge on any atom is 0.198 e. The Labute approximate surface area is 424 Å². The smallest absolute Gasteiger partial charge is 0.198 e. The van der Waals surface area contributed by atoms with Gasteiger partial charge >= 0.3 is 0 Å². The molecule has 1 N–H and O–H groups in total. The summed E-state index contributed by atoms with van der Waals surface area (Å²) in [6, 6.07) is 46.3. The van der Waals surface area contributed by atoms with Crippen LogP contribution in [0.1, 0.15) is 161 Å². The van der Waals surface area contributed by atoms with E-state index in [0.717, 1.165) is 71.1 Å². The van der Waals surface area contributed by atoms with Crippen molar-refractivity contribution in [2.24, 2.45) is 0 Å². The predicted molar refractivity (Wildman–Crippen MR) is 305 cm³/mol. The molecule has 1 aromatic heterocycles. The van der Waals surface area contributed by atoms with Gasteiger partial charge in [0.1, 0.15) is 5.58 Å². The molecule has 71 heavy (non-hydrogen) atoms. The van der Waals surface area contributed by atoms with Crippen LogP contribution in [0.3, 0.4) is 0 Å². The van der Waals surface area contributed by atoms with Crippen LogP contribution in [0.2, 0.25) is 0 Å². The number of fused-ring (bicyclic) bond motifs is 9. The van der Waals surface area contributed by atoms with E-state index in [2.05, 4.69) is 229 Å². The fourth-order valence-corrected chi connectivity index (χ4v) is 13.3. The van der Waals surface area contributed by atoms with Crippen LogP contribution in [0, 0.1) is 6.92 Å². The second-order valence-corrected chi connectivity index (χ2v) is 26.1. The van der Waals surface area contributed by atoms with Crippen molar-refractivity contribution in [3.63, 3.8) is 0 Å². The van der Waals surface area contributed by atoms with E-state index in [1.807, 2.05) is 0 Å². The Hall–Kier alpha value is -6.00. The molecule has 3 aliphatic carbocycles. The highest BCUT2D eigenvalue weighted by Gasteiger charge is 2.44. The Kier molecular flexibility index (Phi) is 10.1. The Morgan fingerprint density at radius 2 is 0.958 bits per heavy atom. The summed E-state index contributed by atoms with van der Waals surface area (Å²) < 4.78 is 7.27. The predicted octanol–water partition coefficient (Wildman–Crippen LogP) is 17.5. The van der Waals surface area contributed by atoms with Gasteiger partial charge in [0.2, 0.25) is 0 Å². The highest BCUT2D eigenvalue weighted by Crippen LogP contribution is 2.55. The van der Waals surface area contributed by atoms with E-state index in [-0.39, 0.29) is 32.5 Å². The monoisotopic (exact) mass is 932 g/mol. The zero-order chi connectivity index (χ0) is 49.8. The molecule has 0 saturated heterocycles. The average molecular weight is 932 g/mol. The Bertz CT molecular complexity index is 3460. The highest BCUT2D eigenvalue weighted by atomic mass is 16.3. The van der Waals surface area contributed by atoms with Crippen LogP contribution in [-0.4, -0.2) is 7.28 Å². The van der Waals surface area contributed by atoms with Crippen molar-refractivity contribution in [2.75, 3.05) is 10.2 Å². The summed E-state index contributed by atoms with van der Waals surface area (Å²) in [5.41, 5.74) is 25.3. The zero-order valence-corrected chi connectivity index (χ0v) is 44.7. The number of aryl methyl sites for hydroxylation is 1. The average Bonchev–Trinajstić information content (AvgIpc) is 3.71. The number of hydrogen-bond donors (Lipinski definition) is 1. The molecule has 0 bridgehead atoms. The summed E-state index contributed by atoms with van der Waals surface area (Å²) in [6.45, 7) is 31.8. The van der Waals surface area contributed by atoms with Crippen LogP contribution in [0.25, 0.3) is 44.2 Å². The highest BCUT2D eigenvalue weighted by molar-refractivity contribution is 6.74. The lowest BCUT2D eigenvalue weighted by Gasteiger charge is -2.45. The maximum absolute atomic E-state index is 7.27. The summed E-state index contributed by atoms with van der Waals surface area (Å²) in [5.74, 6) is 0. The van der Waals surface area contributed by atoms with E-state index < -0.39 is 0 Å². The molecule has 0 atom stereocenters. The second kappa shape index (κ2) is 15.5. The number of nitrogens with one attached hydrogen (secondary N) is 1. The molecule has 4 aliphatic rings. The van der Waals surface area contributed by atoms with Gasteiger partial charge in [-0.3, -0.25) is 0 Å². The van der Waals surface area contributed by atoms with Crippen molar-refractivity contribution in [3.8, 4) is 22.3 Å². The fraction of sp³-hybridized carbons (Fsp3) is 0.373. The first-order chi connectivity index (χ1) is 33.5. The lowest BCUT2D eigenvalue weighted by atomic mass is 9.54. The Morgan fingerprint density at radius 3 is 1.56 bits per heavy atom. The van der Waals surface area contributed by atoms with Crippen molar-refractivity contribution < 1.29 is 4.42 Å². The third-order valence-corrected chi connectivity index (χ3v) is 18.4. The molecular formula is C67H72BN2O. The molecule has 2 heterocycles. The fourth-order valence-electron chi connectivity index (χ4n) is 13.3. The minimum atomic E-state index is 0.00257. The van der Waals surface area contributed by atoms with Gasteiger partial charge in [-0.15, -0.1) is 0 Å². The number of benzene rings is 7. The summed E-state index contributed by atoms with van der Waals surface area (Å²) in [7, 11) is 2.54. The van der Waals surface area contributed by atoms with Gasteiger partial charge in [0, 0.05) is 39.1 Å². The van der Waals surface area contributed by atoms with Gasteiger partial charge in [0.15, 0.2) is 12.9 Å². The Balaban J connectivity index is 1.18. The molecule has 0 spiro atoms. The number of nitrogens with zero attached hydrogens (tertiary/aromatic N) is 1. The van der Waals surface area contributed by atoms with Crippen molar-refractivity contribution in [3.05, 3.63) is 160 Å². The first kappa shape index (κ1) is 46.1. The molecule has 12 rings (SSSR count). The van der Waals surface area contributed by atoms with Crippen LogP contribution in [-0.2, 0) is 32.5 Å². The topological polar surface area (TPSA) is 28.4 Å². The number of para-hydroxylation sites is 1. The Morgan fingerprint density at radius 1 is 0.465 bits per heavy atom. The molecule has 8 aromatic rings. The zero-order valence-electron chi connectivity index (χ0n) is 44.7. The van der Waals surface area contributed by atoms with Crippen LogP contribution in [0.5, 0.6) is 0 Å². The number of rotatable bonds is 5. The normalized spacial score (nSPS) is 19.5. The first-order valence-electron chi connectivity index (χ1n) is 26.6. The van der Waals surface area contributed by atoms with Crippen molar-refractivity contribution in [1.82, 2.24) is 0 Å². The van der Waals surface area contributed by atoms with Crippen molar-refractivity contribution in [2.45, 2.75) is 161 Å². The largest absolute Gasteiger partial charge is 0.454 e. The van der Waals surface area contributed by atoms with E-state index in [1.54, 1.807) is 0 Å². The van der Waals surface area contributed by atoms with Gasteiger partial charge in [-0.05, 0) is 188 Å². The van der Waals surface area contributed by atoms with Crippen molar-refractivity contribution in [1.29, 1.82) is 0 Å². The summed E-state index contributed by atoms with van der Waals surface area (Å²) in [5, 5.41) is 6.36. The molecule has 1 radical (unpaired) electrons. The van der Waals surface area contributed by atoms with Gasteiger partial charge in [0.25, 0.3) is 0 Å². The van der Waals surface area contributed by atoms with Gasteiger partial charge in [-0.1, -0.05) is 161 Å². The van der Waals surface area contributed by atoms with Gasteiger partial charge < -0.3 is 14.6 Å².